The number of halogens is 2. The molecule has 0 bridgehead atoms. The third kappa shape index (κ3) is 5.93. The smallest absolute Gasteiger partial charge is 0.345 e. The average Bonchev–Trinajstić information content (AvgIpc) is 3.24. The number of rotatable bonds is 7. The van der Waals surface area contributed by atoms with E-state index < -0.39 is 30.2 Å². The van der Waals surface area contributed by atoms with Crippen molar-refractivity contribution < 1.29 is 28.7 Å². The minimum Gasteiger partial charge on any atom is -0.457 e. The van der Waals surface area contributed by atoms with Gasteiger partial charge in [0.15, 0.2) is 12.4 Å². The zero-order valence-corrected chi connectivity index (χ0v) is 20.7. The molecule has 7 nitrogen and oxygen atoms in total. The molecule has 1 heterocycles. The summed E-state index contributed by atoms with van der Waals surface area (Å²) in [4.78, 5) is 51.2. The van der Waals surface area contributed by atoms with Crippen LogP contribution in [-0.2, 0) is 14.3 Å². The molecule has 1 amide bonds. The summed E-state index contributed by atoms with van der Waals surface area (Å²) in [6.07, 6.45) is 0.0264. The Hall–Kier alpha value is -3.68. The van der Waals surface area contributed by atoms with Crippen molar-refractivity contribution in [2.24, 2.45) is 5.92 Å². The van der Waals surface area contributed by atoms with Crippen LogP contribution in [0.15, 0.2) is 66.7 Å². The van der Waals surface area contributed by atoms with Crippen molar-refractivity contribution >= 4 is 52.5 Å². The van der Waals surface area contributed by atoms with Gasteiger partial charge in [-0.1, -0.05) is 40.9 Å². The first-order valence-electron chi connectivity index (χ1n) is 11.1. The van der Waals surface area contributed by atoms with Gasteiger partial charge in [-0.25, -0.2) is 4.79 Å². The van der Waals surface area contributed by atoms with Crippen LogP contribution in [0.5, 0.6) is 5.75 Å². The fourth-order valence-electron chi connectivity index (χ4n) is 3.70. The number of ether oxygens (including phenoxy) is 2. The quantitative estimate of drug-likeness (QED) is 0.236. The highest BCUT2D eigenvalue weighted by molar-refractivity contribution is 6.36. The Morgan fingerprint density at radius 2 is 1.67 bits per heavy atom. The normalized spacial score (nSPS) is 15.0. The van der Waals surface area contributed by atoms with Gasteiger partial charge < -0.3 is 14.4 Å². The minimum absolute atomic E-state index is 0.0264. The fraction of sp³-hybridized carbons (Fsp3) is 0.185. The van der Waals surface area contributed by atoms with Gasteiger partial charge in [-0.2, -0.15) is 0 Å². The van der Waals surface area contributed by atoms with Crippen LogP contribution in [0.1, 0.15) is 32.7 Å². The van der Waals surface area contributed by atoms with Gasteiger partial charge in [0.25, 0.3) is 0 Å². The molecule has 36 heavy (non-hydrogen) atoms. The Balaban J connectivity index is 1.29. The molecule has 3 aromatic rings. The Morgan fingerprint density at radius 1 is 0.972 bits per heavy atom. The van der Waals surface area contributed by atoms with Crippen molar-refractivity contribution in [1.29, 1.82) is 0 Å². The van der Waals surface area contributed by atoms with Crippen LogP contribution >= 0.6 is 23.2 Å². The Kier molecular flexibility index (Phi) is 7.72. The number of Topliss-reactive ketones (excluding diaryl/α,β-unsaturated/α-hetero) is 1. The van der Waals surface area contributed by atoms with E-state index in [2.05, 4.69) is 0 Å². The van der Waals surface area contributed by atoms with E-state index in [1.165, 1.54) is 42.5 Å². The van der Waals surface area contributed by atoms with E-state index in [1.807, 2.05) is 31.2 Å². The molecule has 1 aliphatic rings. The van der Waals surface area contributed by atoms with Crippen LogP contribution in [0.3, 0.4) is 0 Å². The second kappa shape index (κ2) is 10.9. The number of anilines is 1. The van der Waals surface area contributed by atoms with Crippen molar-refractivity contribution in [2.75, 3.05) is 18.1 Å². The van der Waals surface area contributed by atoms with Crippen molar-refractivity contribution in [2.45, 2.75) is 13.3 Å². The predicted molar refractivity (Wildman–Crippen MR) is 135 cm³/mol. The molecule has 1 aliphatic heterocycles. The zero-order chi connectivity index (χ0) is 25.8. The maximum absolute atomic E-state index is 12.5. The predicted octanol–water partition coefficient (Wildman–Crippen LogP) is 5.30. The summed E-state index contributed by atoms with van der Waals surface area (Å²) < 4.78 is 10.5. The molecule has 0 spiro atoms. The largest absolute Gasteiger partial charge is 0.457 e. The maximum Gasteiger partial charge on any atom is 0.345 e. The molecule has 0 N–H and O–H groups in total. The molecule has 1 fully saturated rings. The molecule has 9 heteroatoms. The number of carbonyl (C=O) groups excluding carboxylic acids is 4. The van der Waals surface area contributed by atoms with E-state index in [-0.39, 0.29) is 40.8 Å². The molecular weight excluding hydrogens is 505 g/mol. The van der Waals surface area contributed by atoms with Crippen LogP contribution < -0.4 is 9.64 Å². The number of ketones is 1. The zero-order valence-electron chi connectivity index (χ0n) is 19.2. The first-order chi connectivity index (χ1) is 17.2. The SMILES string of the molecule is Cc1ccc(N2CC(C(=O)OCC(=O)c3ccc(OC(=O)c4ccc(Cl)cc4Cl)cc3)CC2=O)cc1. The standard InChI is InChI=1S/C27H21Cl2NO6/c1-16-2-7-20(8-3-16)30-14-18(12-25(30)32)26(33)35-15-24(31)17-4-9-21(10-5-17)36-27(34)22-11-6-19(28)13-23(22)29/h2-11,13,18H,12,14-15H2,1H3. The molecule has 1 unspecified atom stereocenters. The fourth-order valence-corrected chi connectivity index (χ4v) is 4.19. The molecule has 1 saturated heterocycles. The van der Waals surface area contributed by atoms with Crippen LogP contribution in [-0.4, -0.2) is 36.8 Å². The summed E-state index contributed by atoms with van der Waals surface area (Å²) in [6, 6.07) is 17.7. The van der Waals surface area contributed by atoms with Gasteiger partial charge in [0.05, 0.1) is 16.5 Å². The Morgan fingerprint density at radius 3 is 2.33 bits per heavy atom. The number of hydrogen-bond donors (Lipinski definition) is 0. The van der Waals surface area contributed by atoms with Crippen molar-refractivity contribution in [3.63, 3.8) is 0 Å². The van der Waals surface area contributed by atoms with Crippen LogP contribution in [0.4, 0.5) is 5.69 Å². The third-order valence-corrected chi connectivity index (χ3v) is 6.24. The van der Waals surface area contributed by atoms with E-state index in [9.17, 15) is 19.2 Å². The van der Waals surface area contributed by atoms with E-state index in [4.69, 9.17) is 32.7 Å². The molecular formula is C27H21Cl2NO6. The summed E-state index contributed by atoms with van der Waals surface area (Å²) in [5.41, 5.74) is 2.21. The lowest BCUT2D eigenvalue weighted by atomic mass is 10.1. The van der Waals surface area contributed by atoms with Crippen molar-refractivity contribution in [1.82, 2.24) is 0 Å². The number of aryl methyl sites for hydroxylation is 1. The van der Waals surface area contributed by atoms with E-state index in [0.29, 0.717) is 5.02 Å². The van der Waals surface area contributed by atoms with Crippen LogP contribution in [0.25, 0.3) is 0 Å². The van der Waals surface area contributed by atoms with Crippen molar-refractivity contribution in [3.8, 4) is 5.75 Å². The lowest BCUT2D eigenvalue weighted by molar-refractivity contribution is -0.147. The number of carbonyl (C=O) groups is 4. The minimum atomic E-state index is -0.671. The van der Waals surface area contributed by atoms with Crippen LogP contribution in [0.2, 0.25) is 10.0 Å². The lowest BCUT2D eigenvalue weighted by Gasteiger charge is -2.16. The summed E-state index contributed by atoms with van der Waals surface area (Å²) in [5.74, 6) is -2.31. The van der Waals surface area contributed by atoms with Gasteiger partial charge in [-0.3, -0.25) is 14.4 Å². The number of esters is 2. The number of nitrogens with zero attached hydrogens (tertiary/aromatic N) is 1. The lowest BCUT2D eigenvalue weighted by Crippen LogP contribution is -2.27. The van der Waals surface area contributed by atoms with E-state index >= 15 is 0 Å². The number of amides is 1. The monoisotopic (exact) mass is 525 g/mol. The highest BCUT2D eigenvalue weighted by atomic mass is 35.5. The molecule has 4 rings (SSSR count). The highest BCUT2D eigenvalue weighted by Crippen LogP contribution is 2.26. The van der Waals surface area contributed by atoms with E-state index in [0.717, 1.165) is 11.3 Å². The average molecular weight is 526 g/mol. The highest BCUT2D eigenvalue weighted by Gasteiger charge is 2.36. The Labute approximate surface area is 217 Å². The summed E-state index contributed by atoms with van der Waals surface area (Å²) in [6.45, 7) is 1.68. The summed E-state index contributed by atoms with van der Waals surface area (Å²) in [7, 11) is 0. The topological polar surface area (TPSA) is 90.0 Å². The molecule has 0 aromatic heterocycles. The van der Waals surface area contributed by atoms with Crippen molar-refractivity contribution in [3.05, 3.63) is 93.5 Å². The summed E-state index contributed by atoms with van der Waals surface area (Å²) in [5, 5.41) is 0.551. The molecule has 184 valence electrons. The van der Waals surface area contributed by atoms with Crippen LogP contribution in [0, 0.1) is 12.8 Å². The second-order valence-corrected chi connectivity index (χ2v) is 9.15. The number of hydrogen-bond acceptors (Lipinski definition) is 6. The van der Waals surface area contributed by atoms with Gasteiger partial charge in [-0.15, -0.1) is 0 Å². The maximum atomic E-state index is 12.5. The van der Waals surface area contributed by atoms with E-state index in [1.54, 1.807) is 4.90 Å². The molecule has 0 saturated carbocycles. The number of benzene rings is 3. The van der Waals surface area contributed by atoms with Gasteiger partial charge in [-0.05, 0) is 61.5 Å². The third-order valence-electron chi connectivity index (χ3n) is 5.69. The first kappa shape index (κ1) is 25.4. The first-order valence-corrected chi connectivity index (χ1v) is 11.8. The molecule has 3 aromatic carbocycles. The summed E-state index contributed by atoms with van der Waals surface area (Å²) >= 11 is 11.9. The molecule has 1 atom stereocenters. The molecule has 0 radical (unpaired) electrons. The van der Waals surface area contributed by atoms with Gasteiger partial charge >= 0.3 is 11.9 Å². The Bertz CT molecular complexity index is 1320. The molecule has 0 aliphatic carbocycles. The van der Waals surface area contributed by atoms with Gasteiger partial charge in [0.2, 0.25) is 5.91 Å². The van der Waals surface area contributed by atoms with Gasteiger partial charge in [0, 0.05) is 29.2 Å². The van der Waals surface area contributed by atoms with Gasteiger partial charge in [0.1, 0.15) is 5.75 Å². The second-order valence-electron chi connectivity index (χ2n) is 8.31.